The lowest BCUT2D eigenvalue weighted by Crippen LogP contribution is -2.21. The number of rotatable bonds is 9. The highest BCUT2D eigenvalue weighted by atomic mass is 16.5. The summed E-state index contributed by atoms with van der Waals surface area (Å²) in [5.74, 6) is 1.64. The van der Waals surface area contributed by atoms with Gasteiger partial charge in [0.2, 0.25) is 0 Å². The van der Waals surface area contributed by atoms with Crippen LogP contribution in [-0.2, 0) is 4.74 Å². The van der Waals surface area contributed by atoms with Gasteiger partial charge in [-0.15, -0.1) is 0 Å². The summed E-state index contributed by atoms with van der Waals surface area (Å²) in [6.45, 7) is 6.53. The molecule has 1 amide bonds. The van der Waals surface area contributed by atoms with Gasteiger partial charge >= 0.3 is 6.09 Å². The molecule has 1 aromatic carbocycles. The number of nitrogens with zero attached hydrogens (tertiary/aromatic N) is 4. The highest BCUT2D eigenvalue weighted by molar-refractivity contribution is 5.89. The number of hydrogen-bond acceptors (Lipinski definition) is 6. The molecule has 2 heterocycles. The van der Waals surface area contributed by atoms with Crippen LogP contribution in [0.3, 0.4) is 0 Å². The summed E-state index contributed by atoms with van der Waals surface area (Å²) in [6.07, 6.45) is 4.95. The van der Waals surface area contributed by atoms with Crippen molar-refractivity contribution in [2.45, 2.75) is 46.5 Å². The number of fused-ring (bicyclic) bond motifs is 1. The van der Waals surface area contributed by atoms with Gasteiger partial charge in [-0.25, -0.2) is 9.78 Å². The first kappa shape index (κ1) is 23.1. The Labute approximate surface area is 188 Å². The van der Waals surface area contributed by atoms with E-state index >= 15 is 0 Å². The fraction of sp³-hybridized carbons (Fsp3) is 0.417. The lowest BCUT2D eigenvalue weighted by Gasteiger charge is -2.16. The summed E-state index contributed by atoms with van der Waals surface area (Å²) >= 11 is 0. The van der Waals surface area contributed by atoms with Crippen LogP contribution in [0.5, 0.6) is 5.75 Å². The number of nitriles is 1. The molecule has 8 heteroatoms. The van der Waals surface area contributed by atoms with E-state index in [1.54, 1.807) is 7.11 Å². The third-order valence-corrected chi connectivity index (χ3v) is 5.54. The second kappa shape index (κ2) is 10.6. The summed E-state index contributed by atoms with van der Waals surface area (Å²) in [4.78, 5) is 17.2. The van der Waals surface area contributed by atoms with Crippen LogP contribution in [0, 0.1) is 24.2 Å². The monoisotopic (exact) mass is 435 g/mol. The molecule has 0 aliphatic rings. The van der Waals surface area contributed by atoms with Crippen LogP contribution in [0.2, 0.25) is 0 Å². The Bertz CT molecular complexity index is 1130. The van der Waals surface area contributed by atoms with Crippen LogP contribution in [0.4, 0.5) is 10.6 Å². The topological polar surface area (TPSA) is 102 Å². The van der Waals surface area contributed by atoms with Crippen LogP contribution < -0.4 is 10.1 Å². The molecular weight excluding hydrogens is 406 g/mol. The van der Waals surface area contributed by atoms with Crippen molar-refractivity contribution in [3.8, 4) is 17.6 Å². The zero-order valence-electron chi connectivity index (χ0n) is 19.0. The quantitative estimate of drug-likeness (QED) is 0.484. The molecule has 168 valence electrons. The zero-order chi connectivity index (χ0) is 23.1. The van der Waals surface area contributed by atoms with Gasteiger partial charge in [-0.1, -0.05) is 45.2 Å². The second-order valence-electron chi connectivity index (χ2n) is 7.72. The number of hydrogen-bond donors (Lipinski definition) is 1. The number of pyridine rings is 1. The van der Waals surface area contributed by atoms with Crippen molar-refractivity contribution in [2.75, 3.05) is 19.0 Å². The maximum Gasteiger partial charge on any atom is 0.412 e. The molecule has 0 spiro atoms. The molecule has 0 fully saturated rings. The first-order valence-corrected chi connectivity index (χ1v) is 10.9. The fourth-order valence-electron chi connectivity index (χ4n) is 3.60. The standard InChI is InChI=1S/C24H29N5O3/c1-5-7-9-17(6-2)15-32-24(30)28-23-18(13-25)14-26-29(23)21-12-16(3)19-10-8-11-20(31-4)22(19)27-21/h8,10-12,14,17H,5-7,9,15H2,1-4H3,(H,28,30). The second-order valence-corrected chi connectivity index (χ2v) is 7.72. The average molecular weight is 436 g/mol. The molecule has 0 bridgehead atoms. The Morgan fingerprint density at radius 1 is 1.34 bits per heavy atom. The summed E-state index contributed by atoms with van der Waals surface area (Å²) in [5, 5.41) is 17.4. The van der Waals surface area contributed by atoms with E-state index in [0.717, 1.165) is 36.6 Å². The van der Waals surface area contributed by atoms with E-state index in [2.05, 4.69) is 35.3 Å². The number of para-hydroxylation sites is 1. The fourth-order valence-corrected chi connectivity index (χ4v) is 3.60. The van der Waals surface area contributed by atoms with Crippen molar-refractivity contribution < 1.29 is 14.3 Å². The Balaban J connectivity index is 1.89. The van der Waals surface area contributed by atoms with Gasteiger partial charge in [-0.3, -0.25) is 5.32 Å². The van der Waals surface area contributed by atoms with E-state index in [1.165, 1.54) is 10.9 Å². The SMILES string of the molecule is CCCCC(CC)COC(=O)Nc1c(C#N)cnn1-c1cc(C)c2cccc(OC)c2n1. The van der Waals surface area contributed by atoms with Crippen molar-refractivity contribution in [2.24, 2.45) is 5.92 Å². The molecular formula is C24H29N5O3. The summed E-state index contributed by atoms with van der Waals surface area (Å²) in [5.41, 5.74) is 1.86. The Morgan fingerprint density at radius 3 is 2.84 bits per heavy atom. The number of ether oxygens (including phenoxy) is 2. The number of carbonyl (C=O) groups is 1. The van der Waals surface area contributed by atoms with Crippen molar-refractivity contribution in [1.29, 1.82) is 5.26 Å². The highest BCUT2D eigenvalue weighted by Gasteiger charge is 2.19. The maximum absolute atomic E-state index is 12.5. The van der Waals surface area contributed by atoms with E-state index in [1.807, 2.05) is 31.2 Å². The molecule has 32 heavy (non-hydrogen) atoms. The predicted molar refractivity (Wildman–Crippen MR) is 123 cm³/mol. The van der Waals surface area contributed by atoms with Gasteiger partial charge in [-0.05, 0) is 37.0 Å². The Hall–Kier alpha value is -3.60. The third-order valence-electron chi connectivity index (χ3n) is 5.54. The molecule has 1 N–H and O–H groups in total. The van der Waals surface area contributed by atoms with Crippen LogP contribution in [0.25, 0.3) is 16.7 Å². The number of amides is 1. The summed E-state index contributed by atoms with van der Waals surface area (Å²) in [6, 6.07) is 9.62. The smallest absolute Gasteiger partial charge is 0.412 e. The number of anilines is 1. The van der Waals surface area contributed by atoms with Crippen molar-refractivity contribution in [3.05, 3.63) is 41.6 Å². The van der Waals surface area contributed by atoms with Crippen LogP contribution in [0.15, 0.2) is 30.5 Å². The van der Waals surface area contributed by atoms with Crippen LogP contribution in [0.1, 0.15) is 50.7 Å². The minimum Gasteiger partial charge on any atom is -0.494 e. The Morgan fingerprint density at radius 2 is 2.16 bits per heavy atom. The number of aromatic nitrogens is 3. The number of nitrogens with one attached hydrogen (secondary N) is 1. The van der Waals surface area contributed by atoms with Gasteiger partial charge in [0.05, 0.1) is 19.9 Å². The molecule has 0 saturated carbocycles. The lowest BCUT2D eigenvalue weighted by molar-refractivity contribution is 0.136. The van der Waals surface area contributed by atoms with Gasteiger partial charge < -0.3 is 9.47 Å². The van der Waals surface area contributed by atoms with Gasteiger partial charge in [0.15, 0.2) is 11.6 Å². The van der Waals surface area contributed by atoms with E-state index < -0.39 is 6.09 Å². The molecule has 3 rings (SSSR count). The summed E-state index contributed by atoms with van der Waals surface area (Å²) in [7, 11) is 1.59. The van der Waals surface area contributed by atoms with Crippen molar-refractivity contribution in [1.82, 2.24) is 14.8 Å². The van der Waals surface area contributed by atoms with Crippen molar-refractivity contribution >= 4 is 22.8 Å². The van der Waals surface area contributed by atoms with Gasteiger partial charge in [0.25, 0.3) is 0 Å². The van der Waals surface area contributed by atoms with E-state index in [9.17, 15) is 10.1 Å². The van der Waals surface area contributed by atoms with E-state index in [4.69, 9.17) is 9.47 Å². The number of aryl methyl sites for hydroxylation is 1. The Kier molecular flexibility index (Phi) is 7.66. The molecule has 1 atom stereocenters. The number of unbranched alkanes of at least 4 members (excludes halogenated alkanes) is 1. The van der Waals surface area contributed by atoms with E-state index in [0.29, 0.717) is 29.6 Å². The first-order valence-electron chi connectivity index (χ1n) is 10.9. The van der Waals surface area contributed by atoms with Gasteiger partial charge in [0.1, 0.15) is 22.9 Å². The largest absolute Gasteiger partial charge is 0.494 e. The number of carbonyl (C=O) groups excluding carboxylic acids is 1. The van der Waals surface area contributed by atoms with Gasteiger partial charge in [0, 0.05) is 5.39 Å². The maximum atomic E-state index is 12.5. The molecule has 2 aromatic heterocycles. The third kappa shape index (κ3) is 4.99. The van der Waals surface area contributed by atoms with Crippen molar-refractivity contribution in [3.63, 3.8) is 0 Å². The molecule has 8 nitrogen and oxygen atoms in total. The minimum absolute atomic E-state index is 0.222. The molecule has 0 aliphatic heterocycles. The lowest BCUT2D eigenvalue weighted by atomic mass is 10.0. The van der Waals surface area contributed by atoms with Crippen LogP contribution >= 0.6 is 0 Å². The molecule has 0 radical (unpaired) electrons. The number of benzene rings is 1. The number of methoxy groups -OCH3 is 1. The molecule has 0 saturated heterocycles. The minimum atomic E-state index is -0.617. The highest BCUT2D eigenvalue weighted by Crippen LogP contribution is 2.29. The summed E-state index contributed by atoms with van der Waals surface area (Å²) < 4.78 is 12.3. The molecule has 0 aliphatic carbocycles. The first-order chi connectivity index (χ1) is 15.5. The zero-order valence-corrected chi connectivity index (χ0v) is 19.0. The average Bonchev–Trinajstić information content (AvgIpc) is 3.21. The van der Waals surface area contributed by atoms with E-state index in [-0.39, 0.29) is 11.4 Å². The molecule has 3 aromatic rings. The van der Waals surface area contributed by atoms with Gasteiger partial charge in [-0.2, -0.15) is 15.0 Å². The molecule has 1 unspecified atom stereocenters. The predicted octanol–water partition coefficient (Wildman–Crippen LogP) is 5.37. The normalized spacial score (nSPS) is 11.7. The van der Waals surface area contributed by atoms with Crippen LogP contribution in [-0.4, -0.2) is 34.6 Å².